The summed E-state index contributed by atoms with van der Waals surface area (Å²) in [6.45, 7) is 0. The molecule has 6 heteroatoms. The number of hydrogen-bond donors (Lipinski definition) is 0. The second kappa shape index (κ2) is 11.1. The molecule has 9 rings (SSSR count). The second-order valence-electron chi connectivity index (χ2n) is 11.4. The van der Waals surface area contributed by atoms with E-state index in [1.165, 1.54) is 0 Å². The van der Waals surface area contributed by atoms with Gasteiger partial charge in [-0.1, -0.05) is 109 Å². The average Bonchev–Trinajstić information content (AvgIpc) is 3.58. The molecule has 0 atom stereocenters. The molecule has 0 radical (unpaired) electrons. The van der Waals surface area contributed by atoms with Crippen molar-refractivity contribution in [2.24, 2.45) is 0 Å². The van der Waals surface area contributed by atoms with Crippen LogP contribution in [0, 0.1) is 0 Å². The van der Waals surface area contributed by atoms with E-state index in [9.17, 15) is 0 Å². The molecule has 0 saturated carbocycles. The molecule has 3 aromatic heterocycles. The summed E-state index contributed by atoms with van der Waals surface area (Å²) in [5.41, 5.74) is 8.18. The number of pyridine rings is 1. The van der Waals surface area contributed by atoms with Crippen LogP contribution in [0.3, 0.4) is 0 Å². The summed E-state index contributed by atoms with van der Waals surface area (Å²) >= 11 is 0. The van der Waals surface area contributed by atoms with Gasteiger partial charge in [-0.25, -0.2) is 19.9 Å². The van der Waals surface area contributed by atoms with Crippen molar-refractivity contribution in [1.82, 2.24) is 24.9 Å². The van der Waals surface area contributed by atoms with Crippen molar-refractivity contribution in [3.63, 3.8) is 0 Å². The molecule has 0 aliphatic rings. The van der Waals surface area contributed by atoms with E-state index in [1.54, 1.807) is 6.20 Å². The van der Waals surface area contributed by atoms with Crippen LogP contribution in [0.2, 0.25) is 0 Å². The van der Waals surface area contributed by atoms with E-state index in [-0.39, 0.29) is 0 Å². The summed E-state index contributed by atoms with van der Waals surface area (Å²) < 4.78 is 6.03. The summed E-state index contributed by atoms with van der Waals surface area (Å²) in [5.74, 6) is 2.40. The lowest BCUT2D eigenvalue weighted by Crippen LogP contribution is -2.01. The van der Waals surface area contributed by atoms with Crippen LogP contribution in [-0.2, 0) is 0 Å². The number of oxazole rings is 1. The van der Waals surface area contributed by atoms with Crippen molar-refractivity contribution in [3.8, 4) is 56.7 Å². The maximum absolute atomic E-state index is 6.03. The molecule has 220 valence electrons. The van der Waals surface area contributed by atoms with Crippen LogP contribution in [0.15, 0.2) is 156 Å². The minimum absolute atomic E-state index is 0.581. The van der Waals surface area contributed by atoms with Crippen LogP contribution in [0.25, 0.3) is 89.5 Å². The van der Waals surface area contributed by atoms with Gasteiger partial charge in [0.1, 0.15) is 5.52 Å². The number of benzene rings is 6. The molecule has 6 nitrogen and oxygen atoms in total. The van der Waals surface area contributed by atoms with E-state index in [1.807, 2.05) is 72.8 Å². The molecule has 6 aromatic carbocycles. The standard InChI is InChI=1S/C41H25N5O/c1-2-10-30(11-3-1)41-43-35-25-31(22-23-36(35)47-41)26-18-20-29(21-19-26)38-44-39(33-16-6-12-27-9-4-5-15-32(27)33)46-40(45-38)34-17-7-13-28-14-8-24-42-37(28)34/h1-25H. The Balaban J connectivity index is 1.15. The van der Waals surface area contributed by atoms with Gasteiger partial charge < -0.3 is 4.42 Å². The van der Waals surface area contributed by atoms with Crippen molar-refractivity contribution in [3.05, 3.63) is 152 Å². The van der Waals surface area contributed by atoms with Crippen molar-refractivity contribution >= 4 is 32.8 Å². The minimum Gasteiger partial charge on any atom is -0.436 e. The van der Waals surface area contributed by atoms with Gasteiger partial charge in [-0.3, -0.25) is 4.98 Å². The summed E-state index contributed by atoms with van der Waals surface area (Å²) in [7, 11) is 0. The molecule has 0 bridgehead atoms. The van der Waals surface area contributed by atoms with Gasteiger partial charge >= 0.3 is 0 Å². The molecule has 0 fully saturated rings. The monoisotopic (exact) mass is 603 g/mol. The van der Waals surface area contributed by atoms with Crippen LogP contribution < -0.4 is 0 Å². The fourth-order valence-electron chi connectivity index (χ4n) is 6.07. The van der Waals surface area contributed by atoms with Gasteiger partial charge in [0, 0.05) is 33.8 Å². The quantitative estimate of drug-likeness (QED) is 0.195. The Morgan fingerprint density at radius 2 is 1.09 bits per heavy atom. The second-order valence-corrected chi connectivity index (χ2v) is 11.4. The average molecular weight is 604 g/mol. The van der Waals surface area contributed by atoms with Gasteiger partial charge in [0.2, 0.25) is 5.89 Å². The highest BCUT2D eigenvalue weighted by Gasteiger charge is 2.17. The number of fused-ring (bicyclic) bond motifs is 3. The molecule has 3 heterocycles. The minimum atomic E-state index is 0.581. The molecule has 0 saturated heterocycles. The molecule has 47 heavy (non-hydrogen) atoms. The number of hydrogen-bond acceptors (Lipinski definition) is 6. The van der Waals surface area contributed by atoms with Gasteiger partial charge in [0.05, 0.1) is 5.52 Å². The fourth-order valence-corrected chi connectivity index (χ4v) is 6.07. The summed E-state index contributed by atoms with van der Waals surface area (Å²) in [6.07, 6.45) is 1.80. The number of rotatable bonds is 5. The Kier molecular flexibility index (Phi) is 6.35. The van der Waals surface area contributed by atoms with Crippen molar-refractivity contribution in [2.75, 3.05) is 0 Å². The first-order chi connectivity index (χ1) is 23.3. The van der Waals surface area contributed by atoms with Crippen LogP contribution in [0.4, 0.5) is 0 Å². The molecule has 0 unspecified atom stereocenters. The molecule has 0 N–H and O–H groups in total. The maximum atomic E-state index is 6.03. The van der Waals surface area contributed by atoms with E-state index >= 15 is 0 Å². The third-order valence-corrected chi connectivity index (χ3v) is 8.42. The maximum Gasteiger partial charge on any atom is 0.227 e. The first-order valence-corrected chi connectivity index (χ1v) is 15.4. The lowest BCUT2D eigenvalue weighted by atomic mass is 10.0. The topological polar surface area (TPSA) is 77.6 Å². The molecule has 0 spiro atoms. The number of nitrogens with zero attached hydrogens (tertiary/aromatic N) is 5. The fraction of sp³-hybridized carbons (Fsp3) is 0. The Morgan fingerprint density at radius 1 is 0.426 bits per heavy atom. The predicted octanol–water partition coefficient (Wildman–Crippen LogP) is 10.0. The molecular formula is C41H25N5O. The number of aromatic nitrogens is 5. The summed E-state index contributed by atoms with van der Waals surface area (Å²) in [5, 5.41) is 3.25. The van der Waals surface area contributed by atoms with Crippen LogP contribution >= 0.6 is 0 Å². The van der Waals surface area contributed by atoms with Crippen molar-refractivity contribution in [1.29, 1.82) is 0 Å². The third-order valence-electron chi connectivity index (χ3n) is 8.42. The van der Waals surface area contributed by atoms with E-state index in [4.69, 9.17) is 24.4 Å². The van der Waals surface area contributed by atoms with E-state index < -0.39 is 0 Å². The predicted molar refractivity (Wildman–Crippen MR) is 187 cm³/mol. The Morgan fingerprint density at radius 3 is 1.96 bits per heavy atom. The highest BCUT2D eigenvalue weighted by Crippen LogP contribution is 2.33. The van der Waals surface area contributed by atoms with E-state index in [2.05, 4.69) is 77.8 Å². The highest BCUT2D eigenvalue weighted by atomic mass is 16.3. The Hall–Kier alpha value is -6.53. The van der Waals surface area contributed by atoms with Gasteiger partial charge in [0.15, 0.2) is 23.1 Å². The molecular weight excluding hydrogens is 578 g/mol. The molecule has 9 aromatic rings. The molecule has 0 aliphatic heterocycles. The normalized spacial score (nSPS) is 11.4. The molecule has 0 amide bonds. The summed E-state index contributed by atoms with van der Waals surface area (Å²) in [6, 6.07) is 49.0. The Bertz CT molecular complexity index is 2470. The van der Waals surface area contributed by atoms with Gasteiger partial charge in [-0.2, -0.15) is 0 Å². The van der Waals surface area contributed by atoms with Gasteiger partial charge in [-0.15, -0.1) is 0 Å². The lowest BCUT2D eigenvalue weighted by Gasteiger charge is -2.11. The first-order valence-electron chi connectivity index (χ1n) is 15.4. The van der Waals surface area contributed by atoms with E-state index in [0.717, 1.165) is 66.2 Å². The highest BCUT2D eigenvalue weighted by molar-refractivity contribution is 5.96. The van der Waals surface area contributed by atoms with Crippen LogP contribution in [0.5, 0.6) is 0 Å². The SMILES string of the molecule is c1ccc(-c2nc3cc(-c4ccc(-c5nc(-c6cccc7ccccc67)nc(-c6cccc7cccnc67)n5)cc4)ccc3o2)cc1. The first kappa shape index (κ1) is 26.8. The Labute approximate surface area is 270 Å². The molecule has 0 aliphatic carbocycles. The van der Waals surface area contributed by atoms with E-state index in [0.29, 0.717) is 23.4 Å². The smallest absolute Gasteiger partial charge is 0.227 e. The van der Waals surface area contributed by atoms with Gasteiger partial charge in [-0.05, 0) is 58.3 Å². The lowest BCUT2D eigenvalue weighted by molar-refractivity contribution is 0.620. The van der Waals surface area contributed by atoms with Gasteiger partial charge in [0.25, 0.3) is 0 Å². The van der Waals surface area contributed by atoms with Crippen molar-refractivity contribution < 1.29 is 4.42 Å². The zero-order valence-corrected chi connectivity index (χ0v) is 25.1. The van der Waals surface area contributed by atoms with Crippen LogP contribution in [0.1, 0.15) is 0 Å². The van der Waals surface area contributed by atoms with Crippen LogP contribution in [-0.4, -0.2) is 24.9 Å². The number of para-hydroxylation sites is 1. The summed E-state index contributed by atoms with van der Waals surface area (Å²) in [4.78, 5) is 24.5. The zero-order chi connectivity index (χ0) is 31.2. The van der Waals surface area contributed by atoms with Crippen molar-refractivity contribution in [2.45, 2.75) is 0 Å². The zero-order valence-electron chi connectivity index (χ0n) is 25.1. The third kappa shape index (κ3) is 4.89. The largest absolute Gasteiger partial charge is 0.436 e.